The molecule has 3 aliphatic rings. The molecule has 6 N–H and O–H groups in total. The molecule has 1 unspecified atom stereocenters. The summed E-state index contributed by atoms with van der Waals surface area (Å²) in [6.07, 6.45) is 7.86. The topological polar surface area (TPSA) is 208 Å². The molecule has 16 nitrogen and oxygen atoms in total. The van der Waals surface area contributed by atoms with Crippen LogP contribution in [0.25, 0.3) is 10.4 Å². The number of rotatable bonds is 18. The number of piperidine rings is 2. The number of thiazole rings is 1. The number of halogens is 1. The number of carbonyl (C=O) groups is 4. The number of aryl methyl sites for hydroxylation is 1. The van der Waals surface area contributed by atoms with Crippen molar-refractivity contribution < 1.29 is 29.0 Å². The zero-order valence-electron chi connectivity index (χ0n) is 41.3. The minimum atomic E-state index is -0.895. The smallest absolute Gasteiger partial charge is 0.246 e. The van der Waals surface area contributed by atoms with E-state index in [1.807, 2.05) is 75.8 Å². The van der Waals surface area contributed by atoms with E-state index in [0.29, 0.717) is 36.0 Å². The normalized spacial score (nSPS) is 19.2. The second-order valence-corrected chi connectivity index (χ2v) is 22.7. The average Bonchev–Trinajstić information content (AvgIpc) is 3.95. The van der Waals surface area contributed by atoms with Crippen LogP contribution in [-0.4, -0.2) is 124 Å². The van der Waals surface area contributed by atoms with Gasteiger partial charge in [-0.15, -0.1) is 11.3 Å². The maximum atomic E-state index is 13.8. The Labute approximate surface area is 425 Å². The molecule has 3 atom stereocenters. The van der Waals surface area contributed by atoms with E-state index in [9.17, 15) is 24.3 Å². The number of β-amino-alcohol motifs (C(OH)–C–C–N with tert-alkyl or cyclic N) is 1. The van der Waals surface area contributed by atoms with Gasteiger partial charge in [0.25, 0.3) is 0 Å². The Morgan fingerprint density at radius 3 is 2.47 bits per heavy atom. The van der Waals surface area contributed by atoms with Gasteiger partial charge in [0.05, 0.1) is 51.9 Å². The van der Waals surface area contributed by atoms with E-state index in [-0.39, 0.29) is 48.6 Å². The zero-order valence-corrected chi connectivity index (χ0v) is 43.7. The van der Waals surface area contributed by atoms with E-state index in [2.05, 4.69) is 47.6 Å². The summed E-state index contributed by atoms with van der Waals surface area (Å²) in [5.41, 5.74) is 10.6. The van der Waals surface area contributed by atoms with Gasteiger partial charge in [-0.2, -0.15) is 0 Å². The van der Waals surface area contributed by atoms with Gasteiger partial charge in [0.15, 0.2) is 0 Å². The van der Waals surface area contributed by atoms with Crippen LogP contribution in [0.2, 0.25) is 5.02 Å². The molecule has 7 rings (SSSR count). The lowest BCUT2D eigenvalue weighted by atomic mass is 9.80. The average molecular weight is 1020 g/mol. The molecule has 5 heterocycles. The highest BCUT2D eigenvalue weighted by atomic mass is 35.5. The molecular weight excluding hydrogens is 948 g/mol. The summed E-state index contributed by atoms with van der Waals surface area (Å²) in [5.74, 6) is 0.559. The van der Waals surface area contributed by atoms with Crippen LogP contribution in [0.15, 0.2) is 64.2 Å². The lowest BCUT2D eigenvalue weighted by Gasteiger charge is -2.39. The first-order chi connectivity index (χ1) is 33.4. The number of aliphatic hydroxyl groups excluding tert-OH is 1. The second kappa shape index (κ2) is 23.6. The van der Waals surface area contributed by atoms with Crippen molar-refractivity contribution in [3.8, 4) is 16.2 Å². The molecule has 3 aliphatic heterocycles. The number of ether oxygens (including phenoxy) is 1. The molecule has 0 saturated carbocycles. The number of hydrogen-bond donors (Lipinski definition) is 5. The van der Waals surface area contributed by atoms with Crippen LogP contribution in [0.1, 0.15) is 90.8 Å². The van der Waals surface area contributed by atoms with Crippen molar-refractivity contribution in [2.45, 2.75) is 121 Å². The number of nitrogens with zero attached hydrogens (tertiary/aromatic N) is 6. The molecule has 0 spiro atoms. The fourth-order valence-electron chi connectivity index (χ4n) is 9.33. The largest absolute Gasteiger partial charge is 0.493 e. The predicted molar refractivity (Wildman–Crippen MR) is 276 cm³/mol. The predicted octanol–water partition coefficient (Wildman–Crippen LogP) is 6.92. The summed E-state index contributed by atoms with van der Waals surface area (Å²) in [7, 11) is 0. The molecular formula is C51H69ClN10O6S2. The number of benzene rings is 2. The molecule has 0 bridgehead atoms. The SMILES string of the molecule is CC(=O)NC(C(=O)N1C[C@H](O)C[C@H]1C(=O)NCc1ccc(-c2scnc2C)cc1OCCCN1CCC(CC(=O)Nc2cccc(Sc3cnc(N4CCC(C)(CN)CC4)cn3)c2Cl)CC1)C(C)(C)C. The number of aliphatic hydroxyl groups is 1. The first-order valence-electron chi connectivity index (χ1n) is 24.3. The molecule has 4 amide bonds. The van der Waals surface area contributed by atoms with Crippen molar-refractivity contribution in [2.75, 3.05) is 62.6 Å². The van der Waals surface area contributed by atoms with Gasteiger partial charge in [0, 0.05) is 62.9 Å². The lowest BCUT2D eigenvalue weighted by molar-refractivity contribution is -0.143. The van der Waals surface area contributed by atoms with Gasteiger partial charge in [0.2, 0.25) is 23.6 Å². The molecule has 4 aromatic rings. The number of nitrogens with one attached hydrogen (secondary N) is 3. The molecule has 2 aromatic carbocycles. The number of likely N-dealkylation sites (tertiary alicyclic amines) is 2. The molecule has 0 aliphatic carbocycles. The monoisotopic (exact) mass is 1020 g/mol. The van der Waals surface area contributed by atoms with Crippen LogP contribution in [0.5, 0.6) is 5.75 Å². The Balaban J connectivity index is 0.873. The van der Waals surface area contributed by atoms with Gasteiger partial charge >= 0.3 is 0 Å². The van der Waals surface area contributed by atoms with Crippen LogP contribution in [0.4, 0.5) is 11.5 Å². The minimum absolute atomic E-state index is 0.00107. The van der Waals surface area contributed by atoms with Crippen LogP contribution in [-0.2, 0) is 25.7 Å². The van der Waals surface area contributed by atoms with Crippen molar-refractivity contribution >= 4 is 69.8 Å². The van der Waals surface area contributed by atoms with Crippen molar-refractivity contribution in [2.24, 2.45) is 22.5 Å². The number of anilines is 2. The highest BCUT2D eigenvalue weighted by molar-refractivity contribution is 7.99. The van der Waals surface area contributed by atoms with E-state index < -0.39 is 29.5 Å². The summed E-state index contributed by atoms with van der Waals surface area (Å²) >= 11 is 9.81. The van der Waals surface area contributed by atoms with Crippen molar-refractivity contribution in [3.05, 3.63) is 70.6 Å². The minimum Gasteiger partial charge on any atom is -0.493 e. The summed E-state index contributed by atoms with van der Waals surface area (Å²) in [6.45, 7) is 16.8. The third-order valence-electron chi connectivity index (χ3n) is 13.8. The van der Waals surface area contributed by atoms with E-state index in [4.69, 9.17) is 22.1 Å². The third kappa shape index (κ3) is 13.8. The van der Waals surface area contributed by atoms with Gasteiger partial charge in [-0.1, -0.05) is 69.3 Å². The van der Waals surface area contributed by atoms with E-state index >= 15 is 0 Å². The first-order valence-corrected chi connectivity index (χ1v) is 26.4. The summed E-state index contributed by atoms with van der Waals surface area (Å²) < 4.78 is 6.45. The Kier molecular flexibility index (Phi) is 17.8. The van der Waals surface area contributed by atoms with Gasteiger partial charge in [-0.05, 0) is 99.2 Å². The molecule has 0 radical (unpaired) electrons. The van der Waals surface area contributed by atoms with Gasteiger partial charge in [-0.3, -0.25) is 19.2 Å². The van der Waals surface area contributed by atoms with E-state index in [1.54, 1.807) is 17.5 Å². The Morgan fingerprint density at radius 1 is 1.06 bits per heavy atom. The van der Waals surface area contributed by atoms with Crippen molar-refractivity contribution in [3.63, 3.8) is 0 Å². The van der Waals surface area contributed by atoms with Crippen molar-refractivity contribution in [1.82, 2.24) is 35.4 Å². The Morgan fingerprint density at radius 2 is 1.81 bits per heavy atom. The van der Waals surface area contributed by atoms with Crippen LogP contribution in [0.3, 0.4) is 0 Å². The molecule has 378 valence electrons. The summed E-state index contributed by atoms with van der Waals surface area (Å²) in [5, 5.41) is 20.6. The highest BCUT2D eigenvalue weighted by Gasteiger charge is 2.44. The van der Waals surface area contributed by atoms with E-state index in [1.165, 1.54) is 23.6 Å². The molecule has 3 saturated heterocycles. The quantitative estimate of drug-likeness (QED) is 0.0643. The standard InChI is InChI=1S/C51H69ClN10O6S2/c1-32-46(69-31-57-32)35-11-12-36(26-56-48(66)39-25-37(64)29-62(39)49(67)47(50(3,4)5)58-33(2)63)40(24-35)68-22-8-17-60-18-13-34(14-19-60)23-43(65)59-38-9-7-10-41(45(38)52)70-44-28-54-42(27-55-44)61-20-15-51(6,30-53)16-21-61/h7,9-12,24,27-28,31,34,37,39,47,64H,8,13-23,25-26,29-30,53H2,1-6H3,(H,56,66)(H,58,63)(H,59,65)/t37-,39+,47?/m1/s1. The van der Waals surface area contributed by atoms with Gasteiger partial charge in [-0.25, -0.2) is 15.0 Å². The van der Waals surface area contributed by atoms with Gasteiger partial charge < -0.3 is 46.2 Å². The second-order valence-electron chi connectivity index (χ2n) is 20.4. The maximum Gasteiger partial charge on any atom is 0.246 e. The number of nitrogens with two attached hydrogens (primary N) is 1. The third-order valence-corrected chi connectivity index (χ3v) is 16.2. The highest BCUT2D eigenvalue weighted by Crippen LogP contribution is 2.38. The Hall–Kier alpha value is -4.85. The molecule has 19 heteroatoms. The number of carbonyl (C=O) groups excluding carboxylic acids is 4. The summed E-state index contributed by atoms with van der Waals surface area (Å²) in [4.78, 5) is 74.5. The Bertz CT molecular complexity index is 2450. The van der Waals surface area contributed by atoms with E-state index in [0.717, 1.165) is 102 Å². The molecule has 2 aromatic heterocycles. The van der Waals surface area contributed by atoms with Gasteiger partial charge in [0.1, 0.15) is 28.7 Å². The lowest BCUT2D eigenvalue weighted by Crippen LogP contribution is -2.57. The fraction of sp³-hybridized carbons (Fsp3) is 0.549. The summed E-state index contributed by atoms with van der Waals surface area (Å²) in [6, 6.07) is 9.79. The van der Waals surface area contributed by atoms with Crippen LogP contribution in [0, 0.1) is 23.7 Å². The first kappa shape index (κ1) is 53.0. The number of aromatic nitrogens is 3. The number of hydrogen-bond acceptors (Lipinski definition) is 14. The van der Waals surface area contributed by atoms with Crippen LogP contribution >= 0.6 is 34.7 Å². The molecule has 70 heavy (non-hydrogen) atoms. The maximum absolute atomic E-state index is 13.8. The molecule has 3 fully saturated rings. The number of amides is 4. The zero-order chi connectivity index (χ0) is 50.2. The van der Waals surface area contributed by atoms with Crippen molar-refractivity contribution in [1.29, 1.82) is 0 Å². The van der Waals surface area contributed by atoms with Crippen LogP contribution < -0.4 is 31.3 Å². The fourth-order valence-corrected chi connectivity index (χ4v) is 11.2.